The number of methoxy groups -OCH3 is 1. The van der Waals surface area contributed by atoms with Gasteiger partial charge in [-0.2, -0.15) is 5.26 Å². The monoisotopic (exact) mass is 508 g/mol. The van der Waals surface area contributed by atoms with Crippen LogP contribution >= 0.6 is 11.6 Å². The van der Waals surface area contributed by atoms with Gasteiger partial charge in [0.05, 0.1) is 35.0 Å². The third-order valence-electron chi connectivity index (χ3n) is 7.29. The van der Waals surface area contributed by atoms with E-state index in [1.165, 1.54) is 38.4 Å². The number of hydrogen-bond donors (Lipinski definition) is 2. The van der Waals surface area contributed by atoms with Crippen LogP contribution in [0.2, 0.25) is 5.02 Å². The van der Waals surface area contributed by atoms with Gasteiger partial charge in [0.25, 0.3) is 5.91 Å². The number of ether oxygens (including phenoxy) is 1. The van der Waals surface area contributed by atoms with Gasteiger partial charge in [-0.05, 0) is 87.5 Å². The molecule has 1 saturated heterocycles. The fourth-order valence-electron chi connectivity index (χ4n) is 5.23. The first-order valence-corrected chi connectivity index (χ1v) is 13.1. The van der Waals surface area contributed by atoms with Crippen molar-refractivity contribution >= 4 is 29.1 Å². The smallest absolute Gasteiger partial charge is 0.253 e. The molecule has 2 aliphatic rings. The van der Waals surface area contributed by atoms with Crippen LogP contribution in [0.5, 0.6) is 5.75 Å². The van der Waals surface area contributed by atoms with Crippen LogP contribution in [0.25, 0.3) is 0 Å². The van der Waals surface area contributed by atoms with Crippen LogP contribution in [-0.4, -0.2) is 43.0 Å². The van der Waals surface area contributed by atoms with Crippen molar-refractivity contribution in [1.82, 2.24) is 10.2 Å². The van der Waals surface area contributed by atoms with E-state index in [1.807, 2.05) is 6.07 Å². The molecule has 7 nitrogen and oxygen atoms in total. The molecule has 36 heavy (non-hydrogen) atoms. The molecule has 8 heteroatoms. The Morgan fingerprint density at radius 2 is 1.83 bits per heavy atom. The van der Waals surface area contributed by atoms with Crippen molar-refractivity contribution in [3.8, 4) is 11.8 Å². The molecule has 0 radical (unpaired) electrons. The Morgan fingerprint density at radius 3 is 2.50 bits per heavy atom. The van der Waals surface area contributed by atoms with Crippen LogP contribution in [0.4, 0.5) is 5.69 Å². The number of likely N-dealkylation sites (tertiary alicyclic amines) is 1. The highest BCUT2D eigenvalue weighted by Crippen LogP contribution is 2.31. The molecule has 4 rings (SSSR count). The lowest BCUT2D eigenvalue weighted by Gasteiger charge is -2.38. The number of anilines is 1. The first kappa shape index (κ1) is 26.0. The Labute approximate surface area is 217 Å². The van der Waals surface area contributed by atoms with Gasteiger partial charge in [0.1, 0.15) is 5.75 Å². The molecule has 1 aliphatic carbocycles. The molecule has 0 aromatic heterocycles. The van der Waals surface area contributed by atoms with Crippen LogP contribution in [0.15, 0.2) is 36.4 Å². The number of carbonyl (C=O) groups excluding carboxylic acids is 2. The molecular weight excluding hydrogens is 476 g/mol. The summed E-state index contributed by atoms with van der Waals surface area (Å²) >= 11 is 6.19. The van der Waals surface area contributed by atoms with E-state index in [0.29, 0.717) is 28.1 Å². The van der Waals surface area contributed by atoms with E-state index >= 15 is 0 Å². The van der Waals surface area contributed by atoms with Crippen molar-refractivity contribution in [1.29, 1.82) is 5.26 Å². The van der Waals surface area contributed by atoms with Crippen molar-refractivity contribution in [3.63, 3.8) is 0 Å². The Hall–Kier alpha value is -3.08. The van der Waals surface area contributed by atoms with Gasteiger partial charge in [-0.15, -0.1) is 0 Å². The quantitative estimate of drug-likeness (QED) is 0.540. The third kappa shape index (κ3) is 6.37. The van der Waals surface area contributed by atoms with Gasteiger partial charge in [-0.3, -0.25) is 9.59 Å². The summed E-state index contributed by atoms with van der Waals surface area (Å²) < 4.78 is 5.17. The Morgan fingerprint density at radius 1 is 1.08 bits per heavy atom. The minimum atomic E-state index is -0.372. The minimum Gasteiger partial charge on any atom is -0.495 e. The molecule has 0 unspecified atom stereocenters. The van der Waals surface area contributed by atoms with E-state index in [-0.39, 0.29) is 29.8 Å². The van der Waals surface area contributed by atoms with Crippen molar-refractivity contribution in [3.05, 3.63) is 58.1 Å². The van der Waals surface area contributed by atoms with Gasteiger partial charge < -0.3 is 20.3 Å². The topological polar surface area (TPSA) is 94.5 Å². The van der Waals surface area contributed by atoms with Crippen LogP contribution in [0.1, 0.15) is 66.4 Å². The lowest BCUT2D eigenvalue weighted by molar-refractivity contribution is -0.121. The molecule has 1 heterocycles. The second kappa shape index (κ2) is 12.2. The van der Waals surface area contributed by atoms with E-state index in [1.54, 1.807) is 31.4 Å². The highest BCUT2D eigenvalue weighted by atomic mass is 35.5. The van der Waals surface area contributed by atoms with Crippen molar-refractivity contribution in [2.45, 2.75) is 57.5 Å². The SMILES string of the molecule is COc1ccc(CNC(=O)c2cc(C#N)ccc2NC(=O)[C@H]2CC[C@H](N3CCCCC3)CC2)cc1Cl. The number of piperidine rings is 1. The predicted molar refractivity (Wildman–Crippen MR) is 140 cm³/mol. The number of nitrogens with zero attached hydrogens (tertiary/aromatic N) is 2. The van der Waals surface area contributed by atoms with Gasteiger partial charge in [-0.25, -0.2) is 0 Å². The Balaban J connectivity index is 1.39. The van der Waals surface area contributed by atoms with Gasteiger partial charge in [0.15, 0.2) is 0 Å². The summed E-state index contributed by atoms with van der Waals surface area (Å²) in [5, 5.41) is 15.6. The van der Waals surface area contributed by atoms with Crippen molar-refractivity contribution in [2.75, 3.05) is 25.5 Å². The lowest BCUT2D eigenvalue weighted by atomic mass is 9.84. The maximum absolute atomic E-state index is 13.1. The third-order valence-corrected chi connectivity index (χ3v) is 7.59. The second-order valence-electron chi connectivity index (χ2n) is 9.62. The van der Waals surface area contributed by atoms with E-state index in [2.05, 4.69) is 21.6 Å². The zero-order chi connectivity index (χ0) is 25.5. The maximum Gasteiger partial charge on any atom is 0.253 e. The van der Waals surface area contributed by atoms with Gasteiger partial charge in [-0.1, -0.05) is 24.1 Å². The maximum atomic E-state index is 13.1. The molecular formula is C28H33ClN4O3. The lowest BCUT2D eigenvalue weighted by Crippen LogP contribution is -2.42. The molecule has 2 aromatic rings. The van der Waals surface area contributed by atoms with E-state index in [4.69, 9.17) is 16.3 Å². The number of benzene rings is 2. The van der Waals surface area contributed by atoms with Gasteiger partial charge >= 0.3 is 0 Å². The largest absolute Gasteiger partial charge is 0.495 e. The number of carbonyl (C=O) groups is 2. The summed E-state index contributed by atoms with van der Waals surface area (Å²) in [5.74, 6) is 0.0541. The number of amides is 2. The first-order chi connectivity index (χ1) is 17.5. The number of halogens is 1. The standard InChI is InChI=1S/C28H33ClN4O3/c1-36-26-12-6-20(16-24(26)29)18-31-28(35)23-15-19(17-30)5-11-25(23)32-27(34)21-7-9-22(10-8-21)33-13-3-2-4-14-33/h5-6,11-12,15-16,21-22H,2-4,7-10,13-14,18H2,1H3,(H,31,35)(H,32,34)/t21-,22-. The molecule has 1 saturated carbocycles. The minimum absolute atomic E-state index is 0.0622. The molecule has 0 spiro atoms. The molecule has 2 N–H and O–H groups in total. The second-order valence-corrected chi connectivity index (χ2v) is 10.0. The van der Waals surface area contributed by atoms with E-state index < -0.39 is 0 Å². The molecule has 1 aliphatic heterocycles. The number of nitriles is 1. The van der Waals surface area contributed by atoms with Crippen LogP contribution in [-0.2, 0) is 11.3 Å². The Bertz CT molecular complexity index is 1130. The summed E-state index contributed by atoms with van der Waals surface area (Å²) in [4.78, 5) is 28.8. The van der Waals surface area contributed by atoms with E-state index in [0.717, 1.165) is 31.2 Å². The zero-order valence-corrected chi connectivity index (χ0v) is 21.4. The molecule has 2 aromatic carbocycles. The zero-order valence-electron chi connectivity index (χ0n) is 20.7. The summed E-state index contributed by atoms with van der Waals surface area (Å²) in [6.45, 7) is 2.59. The molecule has 0 atom stereocenters. The summed E-state index contributed by atoms with van der Waals surface area (Å²) in [6, 6.07) is 12.7. The highest BCUT2D eigenvalue weighted by molar-refractivity contribution is 6.32. The highest BCUT2D eigenvalue weighted by Gasteiger charge is 2.30. The first-order valence-electron chi connectivity index (χ1n) is 12.7. The normalized spacial score (nSPS) is 20.2. The van der Waals surface area contributed by atoms with Crippen LogP contribution in [0.3, 0.4) is 0 Å². The number of rotatable bonds is 7. The van der Waals surface area contributed by atoms with E-state index in [9.17, 15) is 14.9 Å². The number of hydrogen-bond acceptors (Lipinski definition) is 5. The van der Waals surface area contributed by atoms with Gasteiger partial charge in [0.2, 0.25) is 5.91 Å². The summed E-state index contributed by atoms with van der Waals surface area (Å²) in [5.41, 5.74) is 1.85. The summed E-state index contributed by atoms with van der Waals surface area (Å²) in [6.07, 6.45) is 7.63. The van der Waals surface area contributed by atoms with Crippen molar-refractivity contribution < 1.29 is 14.3 Å². The van der Waals surface area contributed by atoms with Crippen LogP contribution in [0, 0.1) is 17.2 Å². The molecule has 2 fully saturated rings. The van der Waals surface area contributed by atoms with Crippen molar-refractivity contribution in [2.24, 2.45) is 5.92 Å². The summed E-state index contributed by atoms with van der Waals surface area (Å²) in [7, 11) is 1.54. The molecule has 190 valence electrons. The number of nitrogens with one attached hydrogen (secondary N) is 2. The fourth-order valence-corrected chi connectivity index (χ4v) is 5.51. The average Bonchev–Trinajstić information content (AvgIpc) is 2.92. The predicted octanol–water partition coefficient (Wildman–Crippen LogP) is 5.13. The van der Waals surface area contributed by atoms with Gasteiger partial charge in [0, 0.05) is 18.5 Å². The fraction of sp³-hybridized carbons (Fsp3) is 0.464. The Kier molecular flexibility index (Phi) is 8.84. The average molecular weight is 509 g/mol. The molecule has 2 amide bonds. The molecule has 0 bridgehead atoms. The van der Waals surface area contributed by atoms with Crippen LogP contribution < -0.4 is 15.4 Å².